The minimum atomic E-state index is -0.481. The Morgan fingerprint density at radius 2 is 1.74 bits per heavy atom. The van der Waals surface area contributed by atoms with Crippen molar-refractivity contribution in [3.63, 3.8) is 0 Å². The molecule has 0 radical (unpaired) electrons. The molecule has 0 bridgehead atoms. The third-order valence-electron chi connectivity index (χ3n) is 2.59. The fourth-order valence-electron chi connectivity index (χ4n) is 1.21. The Bertz CT molecular complexity index is 304. The van der Waals surface area contributed by atoms with Gasteiger partial charge in [0.2, 0.25) is 11.8 Å². The first kappa shape index (κ1) is 22.8. The second kappa shape index (κ2) is 11.7. The van der Waals surface area contributed by atoms with Gasteiger partial charge in [-0.2, -0.15) is 0 Å². The van der Waals surface area contributed by atoms with E-state index < -0.39 is 5.91 Å². The van der Waals surface area contributed by atoms with Crippen LogP contribution in [0.15, 0.2) is 25.3 Å². The molecule has 0 fully saturated rings. The van der Waals surface area contributed by atoms with E-state index in [1.807, 2.05) is 6.92 Å². The van der Waals surface area contributed by atoms with E-state index in [4.69, 9.17) is 0 Å². The van der Waals surface area contributed by atoms with Gasteiger partial charge in [-0.3, -0.25) is 9.59 Å². The standard InChI is InChI=1S/C10H20N2O.C3H5NO.ClH/c1-6-8-12(4,5)9(3)11-10(13)7-2;1-2-3(4)5;/h7,9H,2,6,8H2,1,3-5H3;2H,1H2,(H2,4,5);1H. The van der Waals surface area contributed by atoms with E-state index in [0.29, 0.717) is 0 Å². The SMILES string of the molecule is C=CC(=O)NC(C)[N+](C)(C)CCC.C=CC(N)=O.[Cl-]. The Morgan fingerprint density at radius 1 is 1.32 bits per heavy atom. The number of nitrogens with zero attached hydrogens (tertiary/aromatic N) is 1. The number of nitrogens with one attached hydrogen (secondary N) is 1. The highest BCUT2D eigenvalue weighted by molar-refractivity contribution is 5.86. The Kier molecular flexibility index (Phi) is 14.1. The zero-order chi connectivity index (χ0) is 14.8. The van der Waals surface area contributed by atoms with Gasteiger partial charge in [0.1, 0.15) is 0 Å². The van der Waals surface area contributed by atoms with Crippen molar-refractivity contribution in [3.05, 3.63) is 25.3 Å². The Hall–Kier alpha value is -1.33. The molecule has 0 aromatic rings. The largest absolute Gasteiger partial charge is 1.00 e. The summed E-state index contributed by atoms with van der Waals surface area (Å²) in [5.74, 6) is -0.584. The zero-order valence-corrected chi connectivity index (χ0v) is 13.0. The van der Waals surface area contributed by atoms with Crippen molar-refractivity contribution in [1.29, 1.82) is 0 Å². The fraction of sp³-hybridized carbons (Fsp3) is 0.538. The Morgan fingerprint density at radius 3 is 2.00 bits per heavy atom. The van der Waals surface area contributed by atoms with Crippen molar-refractivity contribution in [2.45, 2.75) is 26.4 Å². The molecule has 0 aromatic carbocycles. The molecule has 0 aliphatic heterocycles. The molecule has 0 aliphatic carbocycles. The number of hydrogen-bond acceptors (Lipinski definition) is 2. The monoisotopic (exact) mass is 291 g/mol. The molecule has 0 spiro atoms. The molecule has 2 amide bonds. The number of amides is 2. The van der Waals surface area contributed by atoms with Crippen LogP contribution in [-0.2, 0) is 9.59 Å². The first-order valence-electron chi connectivity index (χ1n) is 5.88. The fourth-order valence-corrected chi connectivity index (χ4v) is 1.21. The molecule has 1 atom stereocenters. The first-order chi connectivity index (χ1) is 8.21. The molecule has 0 saturated carbocycles. The summed E-state index contributed by atoms with van der Waals surface area (Å²) in [6, 6.07) is 0. The summed E-state index contributed by atoms with van der Waals surface area (Å²) in [6.07, 6.45) is 3.61. The highest BCUT2D eigenvalue weighted by Crippen LogP contribution is 2.04. The highest BCUT2D eigenvalue weighted by Gasteiger charge is 2.23. The van der Waals surface area contributed by atoms with Crippen LogP contribution in [0.2, 0.25) is 0 Å². The Labute approximate surface area is 122 Å². The molecule has 1 unspecified atom stereocenters. The quantitative estimate of drug-likeness (QED) is 0.331. The summed E-state index contributed by atoms with van der Waals surface area (Å²) in [7, 11) is 4.22. The van der Waals surface area contributed by atoms with Gasteiger partial charge in [0.15, 0.2) is 6.17 Å². The van der Waals surface area contributed by atoms with Gasteiger partial charge in [0.05, 0.1) is 20.6 Å². The topological polar surface area (TPSA) is 72.2 Å². The molecule has 0 saturated heterocycles. The van der Waals surface area contributed by atoms with E-state index in [1.54, 1.807) is 0 Å². The van der Waals surface area contributed by atoms with Gasteiger partial charge in [-0.05, 0) is 18.6 Å². The van der Waals surface area contributed by atoms with Gasteiger partial charge in [0.25, 0.3) is 0 Å². The van der Waals surface area contributed by atoms with Gasteiger partial charge in [0, 0.05) is 6.92 Å². The van der Waals surface area contributed by atoms with Gasteiger partial charge < -0.3 is 27.9 Å². The van der Waals surface area contributed by atoms with Crippen LogP contribution < -0.4 is 23.5 Å². The molecule has 0 aromatic heterocycles. The van der Waals surface area contributed by atoms with E-state index in [9.17, 15) is 9.59 Å². The van der Waals surface area contributed by atoms with Gasteiger partial charge in [-0.1, -0.05) is 20.1 Å². The van der Waals surface area contributed by atoms with Crippen molar-refractivity contribution < 1.29 is 26.5 Å². The molecule has 0 rings (SSSR count). The number of nitrogens with two attached hydrogens (primary N) is 1. The van der Waals surface area contributed by atoms with Crippen molar-refractivity contribution in [1.82, 2.24) is 5.32 Å². The minimum Gasteiger partial charge on any atom is -1.00 e. The summed E-state index contributed by atoms with van der Waals surface area (Å²) in [4.78, 5) is 20.5. The summed E-state index contributed by atoms with van der Waals surface area (Å²) >= 11 is 0. The number of carbonyl (C=O) groups is 2. The summed E-state index contributed by atoms with van der Waals surface area (Å²) < 4.78 is 0.802. The lowest BCUT2D eigenvalue weighted by molar-refractivity contribution is -0.915. The van der Waals surface area contributed by atoms with Crippen LogP contribution in [0.3, 0.4) is 0 Å². The van der Waals surface area contributed by atoms with E-state index in [2.05, 4.69) is 45.2 Å². The van der Waals surface area contributed by atoms with E-state index in [0.717, 1.165) is 23.5 Å². The predicted molar refractivity (Wildman–Crippen MR) is 74.5 cm³/mol. The summed E-state index contributed by atoms with van der Waals surface area (Å²) in [5.41, 5.74) is 4.53. The molecule has 0 aliphatic rings. The second-order valence-corrected chi connectivity index (χ2v) is 4.50. The number of primary amides is 1. The lowest BCUT2D eigenvalue weighted by Crippen LogP contribution is -3.00. The normalized spacial score (nSPS) is 10.9. The van der Waals surface area contributed by atoms with Crippen molar-refractivity contribution >= 4 is 11.8 Å². The third-order valence-corrected chi connectivity index (χ3v) is 2.59. The first-order valence-corrected chi connectivity index (χ1v) is 5.88. The molecule has 5 nitrogen and oxygen atoms in total. The molecule has 112 valence electrons. The average molecular weight is 292 g/mol. The van der Waals surface area contributed by atoms with Crippen molar-refractivity contribution in [3.8, 4) is 0 Å². The minimum absolute atomic E-state index is 0. The van der Waals surface area contributed by atoms with Crippen molar-refractivity contribution in [2.24, 2.45) is 5.73 Å². The average Bonchev–Trinajstić information content (AvgIpc) is 2.29. The van der Waals surface area contributed by atoms with Crippen LogP contribution in [0.1, 0.15) is 20.3 Å². The maximum absolute atomic E-state index is 11.0. The number of hydrogen-bond donors (Lipinski definition) is 2. The lowest BCUT2D eigenvalue weighted by Gasteiger charge is -2.35. The summed E-state index contributed by atoms with van der Waals surface area (Å²) in [5, 5.41) is 2.87. The maximum Gasteiger partial charge on any atom is 0.247 e. The predicted octanol–water partition coefficient (Wildman–Crippen LogP) is -2.22. The second-order valence-electron chi connectivity index (χ2n) is 4.50. The van der Waals surface area contributed by atoms with Crippen LogP contribution >= 0.6 is 0 Å². The number of halogens is 1. The highest BCUT2D eigenvalue weighted by atomic mass is 35.5. The molecular weight excluding hydrogens is 266 g/mol. The van der Waals surface area contributed by atoms with Crippen LogP contribution in [0.4, 0.5) is 0 Å². The molecule has 6 heteroatoms. The Balaban J connectivity index is -0.000000366. The van der Waals surface area contributed by atoms with Crippen LogP contribution in [0.5, 0.6) is 0 Å². The maximum atomic E-state index is 11.0. The molecule has 19 heavy (non-hydrogen) atoms. The number of rotatable bonds is 6. The smallest absolute Gasteiger partial charge is 0.247 e. The van der Waals surface area contributed by atoms with Crippen LogP contribution in [-0.4, -0.2) is 43.1 Å². The van der Waals surface area contributed by atoms with Gasteiger partial charge >= 0.3 is 0 Å². The third kappa shape index (κ3) is 12.9. The van der Waals surface area contributed by atoms with Crippen LogP contribution in [0, 0.1) is 0 Å². The van der Waals surface area contributed by atoms with Crippen molar-refractivity contribution in [2.75, 3.05) is 20.6 Å². The van der Waals surface area contributed by atoms with E-state index in [1.165, 1.54) is 6.08 Å². The summed E-state index contributed by atoms with van der Waals surface area (Å²) in [6.45, 7) is 11.7. The molecule has 0 heterocycles. The van der Waals surface area contributed by atoms with Gasteiger partial charge in [-0.25, -0.2) is 0 Å². The van der Waals surface area contributed by atoms with Crippen LogP contribution in [0.25, 0.3) is 0 Å². The molecule has 3 N–H and O–H groups in total. The molecular formula is C13H26ClN3O2. The lowest BCUT2D eigenvalue weighted by atomic mass is 10.3. The number of quaternary nitrogens is 1. The van der Waals surface area contributed by atoms with E-state index >= 15 is 0 Å². The van der Waals surface area contributed by atoms with E-state index in [-0.39, 0.29) is 24.5 Å². The zero-order valence-electron chi connectivity index (χ0n) is 12.3. The van der Waals surface area contributed by atoms with Gasteiger partial charge in [-0.15, -0.1) is 0 Å². The number of carbonyl (C=O) groups excluding carboxylic acids is 2.